The van der Waals surface area contributed by atoms with Crippen LogP contribution >= 0.6 is 11.6 Å². The van der Waals surface area contributed by atoms with E-state index in [4.69, 9.17) is 11.6 Å². The number of nitrogens with zero attached hydrogens (tertiary/aromatic N) is 2. The van der Waals surface area contributed by atoms with E-state index in [1.54, 1.807) is 12.1 Å². The van der Waals surface area contributed by atoms with Crippen molar-refractivity contribution in [3.8, 4) is 0 Å². The zero-order valence-electron chi connectivity index (χ0n) is 12.3. The molecule has 118 valence electrons. The van der Waals surface area contributed by atoms with E-state index in [0.29, 0.717) is 17.2 Å². The van der Waals surface area contributed by atoms with Crippen LogP contribution in [0.15, 0.2) is 53.6 Å². The van der Waals surface area contributed by atoms with Crippen molar-refractivity contribution in [2.45, 2.75) is 13.3 Å². The molecule has 0 aliphatic rings. The number of nitro groups is 1. The number of carbonyl (C=O) groups excluding carboxylic acids is 1. The monoisotopic (exact) mass is 331 g/mol. The third kappa shape index (κ3) is 4.37. The molecule has 23 heavy (non-hydrogen) atoms. The smallest absolute Gasteiger partial charge is 0.267 e. The van der Waals surface area contributed by atoms with E-state index in [1.165, 1.54) is 24.3 Å². The molecule has 7 heteroatoms. The maximum Gasteiger partial charge on any atom is 0.271 e. The van der Waals surface area contributed by atoms with Gasteiger partial charge < -0.3 is 0 Å². The number of hydrogen-bond acceptors (Lipinski definition) is 4. The van der Waals surface area contributed by atoms with Crippen LogP contribution in [0.1, 0.15) is 29.3 Å². The second-order valence-corrected chi connectivity index (χ2v) is 5.10. The van der Waals surface area contributed by atoms with Crippen LogP contribution in [-0.4, -0.2) is 16.5 Å². The van der Waals surface area contributed by atoms with Gasteiger partial charge in [0, 0.05) is 22.7 Å². The van der Waals surface area contributed by atoms with Crippen molar-refractivity contribution in [2.24, 2.45) is 5.10 Å². The molecule has 0 saturated heterocycles. The van der Waals surface area contributed by atoms with Gasteiger partial charge in [0.15, 0.2) is 0 Å². The Hall–Kier alpha value is -2.73. The minimum atomic E-state index is -0.550. The van der Waals surface area contributed by atoms with Gasteiger partial charge in [-0.15, -0.1) is 0 Å². The van der Waals surface area contributed by atoms with Crippen LogP contribution in [0.5, 0.6) is 0 Å². The van der Waals surface area contributed by atoms with Crippen molar-refractivity contribution >= 4 is 28.9 Å². The SMILES string of the molecule is CC/C(=N\NC(=O)c1cccc([N+](=O)[O-])c1)c1ccc(Cl)cc1. The Labute approximate surface area is 137 Å². The number of amides is 1. The number of non-ortho nitro benzene ring substituents is 1. The van der Waals surface area contributed by atoms with Crippen LogP contribution in [0.4, 0.5) is 5.69 Å². The van der Waals surface area contributed by atoms with Crippen LogP contribution in [0.2, 0.25) is 5.02 Å². The summed E-state index contributed by atoms with van der Waals surface area (Å²) < 4.78 is 0. The molecule has 2 aromatic carbocycles. The molecule has 0 atom stereocenters. The third-order valence-corrected chi connectivity index (χ3v) is 3.38. The van der Waals surface area contributed by atoms with E-state index >= 15 is 0 Å². The molecule has 6 nitrogen and oxygen atoms in total. The van der Waals surface area contributed by atoms with Crippen molar-refractivity contribution in [3.05, 3.63) is 74.8 Å². The minimum absolute atomic E-state index is 0.143. The zero-order chi connectivity index (χ0) is 16.8. The van der Waals surface area contributed by atoms with Crippen molar-refractivity contribution in [1.82, 2.24) is 5.43 Å². The van der Waals surface area contributed by atoms with Crippen LogP contribution in [0.25, 0.3) is 0 Å². The Morgan fingerprint density at radius 2 is 1.91 bits per heavy atom. The molecule has 0 aliphatic carbocycles. The van der Waals surface area contributed by atoms with Gasteiger partial charge in [-0.2, -0.15) is 5.10 Å². The molecule has 0 bridgehead atoms. The predicted molar refractivity (Wildman–Crippen MR) is 88.8 cm³/mol. The fourth-order valence-electron chi connectivity index (χ4n) is 1.93. The number of rotatable bonds is 5. The predicted octanol–water partition coefficient (Wildman–Crippen LogP) is 3.79. The summed E-state index contributed by atoms with van der Waals surface area (Å²) in [6.07, 6.45) is 0.608. The average molecular weight is 332 g/mol. The van der Waals surface area contributed by atoms with E-state index in [9.17, 15) is 14.9 Å². The Bertz CT molecular complexity index is 757. The lowest BCUT2D eigenvalue weighted by molar-refractivity contribution is -0.384. The van der Waals surface area contributed by atoms with E-state index in [0.717, 1.165) is 5.56 Å². The summed E-state index contributed by atoms with van der Waals surface area (Å²) in [6.45, 7) is 1.91. The van der Waals surface area contributed by atoms with Crippen LogP contribution < -0.4 is 5.43 Å². The van der Waals surface area contributed by atoms with Crippen LogP contribution in [-0.2, 0) is 0 Å². The van der Waals surface area contributed by atoms with Gasteiger partial charge in [-0.1, -0.05) is 36.7 Å². The quantitative estimate of drug-likeness (QED) is 0.514. The first-order chi connectivity index (χ1) is 11.0. The molecule has 2 rings (SSSR count). The first-order valence-corrected chi connectivity index (χ1v) is 7.26. The van der Waals surface area contributed by atoms with Crippen molar-refractivity contribution in [1.29, 1.82) is 0 Å². The van der Waals surface area contributed by atoms with Gasteiger partial charge in [0.25, 0.3) is 11.6 Å². The number of nitrogens with one attached hydrogen (secondary N) is 1. The molecule has 0 spiro atoms. The summed E-state index contributed by atoms with van der Waals surface area (Å²) in [7, 11) is 0. The number of nitro benzene ring substituents is 1. The van der Waals surface area contributed by atoms with E-state index < -0.39 is 10.8 Å². The van der Waals surface area contributed by atoms with E-state index in [2.05, 4.69) is 10.5 Å². The van der Waals surface area contributed by atoms with Crippen LogP contribution in [0.3, 0.4) is 0 Å². The lowest BCUT2D eigenvalue weighted by Crippen LogP contribution is -2.20. The van der Waals surface area contributed by atoms with E-state index in [1.807, 2.05) is 19.1 Å². The first kappa shape index (κ1) is 16.6. The normalized spacial score (nSPS) is 11.1. The number of hydrogen-bond donors (Lipinski definition) is 1. The maximum atomic E-state index is 12.1. The number of halogens is 1. The number of benzene rings is 2. The van der Waals surface area contributed by atoms with Gasteiger partial charge >= 0.3 is 0 Å². The van der Waals surface area contributed by atoms with Gasteiger partial charge in [-0.05, 0) is 30.2 Å². The summed E-state index contributed by atoms with van der Waals surface area (Å²) in [4.78, 5) is 22.2. The van der Waals surface area contributed by atoms with Gasteiger partial charge in [-0.3, -0.25) is 14.9 Å². The highest BCUT2D eigenvalue weighted by atomic mass is 35.5. The highest BCUT2D eigenvalue weighted by molar-refractivity contribution is 6.30. The zero-order valence-corrected chi connectivity index (χ0v) is 13.1. The fourth-order valence-corrected chi connectivity index (χ4v) is 2.06. The summed E-state index contributed by atoms with van der Waals surface area (Å²) >= 11 is 5.84. The molecule has 0 unspecified atom stereocenters. The Morgan fingerprint density at radius 1 is 1.22 bits per heavy atom. The fraction of sp³-hybridized carbons (Fsp3) is 0.125. The summed E-state index contributed by atoms with van der Waals surface area (Å²) in [5.74, 6) is -0.506. The van der Waals surface area contributed by atoms with Gasteiger partial charge in [-0.25, -0.2) is 5.43 Å². The molecule has 0 heterocycles. The highest BCUT2D eigenvalue weighted by Crippen LogP contribution is 2.14. The second-order valence-electron chi connectivity index (χ2n) is 4.67. The van der Waals surface area contributed by atoms with Crippen molar-refractivity contribution < 1.29 is 9.72 Å². The summed E-state index contributed by atoms with van der Waals surface area (Å²) in [5, 5.41) is 15.4. The summed E-state index contributed by atoms with van der Waals surface area (Å²) in [6, 6.07) is 12.6. The lowest BCUT2D eigenvalue weighted by Gasteiger charge is -2.05. The molecule has 2 aromatic rings. The number of carbonyl (C=O) groups is 1. The van der Waals surface area contributed by atoms with E-state index in [-0.39, 0.29) is 11.3 Å². The molecule has 1 N–H and O–H groups in total. The minimum Gasteiger partial charge on any atom is -0.267 e. The summed E-state index contributed by atoms with van der Waals surface area (Å²) in [5.41, 5.74) is 3.98. The van der Waals surface area contributed by atoms with Crippen molar-refractivity contribution in [2.75, 3.05) is 0 Å². The average Bonchev–Trinajstić information content (AvgIpc) is 2.56. The lowest BCUT2D eigenvalue weighted by atomic mass is 10.1. The molecule has 0 fully saturated rings. The van der Waals surface area contributed by atoms with Crippen molar-refractivity contribution in [3.63, 3.8) is 0 Å². The first-order valence-electron chi connectivity index (χ1n) is 6.88. The third-order valence-electron chi connectivity index (χ3n) is 3.12. The molecule has 0 aromatic heterocycles. The topological polar surface area (TPSA) is 84.6 Å². The standard InChI is InChI=1S/C16H14ClN3O3/c1-2-15(11-6-8-13(17)9-7-11)18-19-16(21)12-4-3-5-14(10-12)20(22)23/h3-10H,2H2,1H3,(H,19,21)/b18-15+. The Morgan fingerprint density at radius 3 is 2.52 bits per heavy atom. The molecule has 1 amide bonds. The molecular formula is C16H14ClN3O3. The largest absolute Gasteiger partial charge is 0.271 e. The number of hydrazone groups is 1. The van der Waals surface area contributed by atoms with Gasteiger partial charge in [0.2, 0.25) is 0 Å². The molecule has 0 aliphatic heterocycles. The Kier molecular flexibility index (Phi) is 5.43. The molecule has 0 saturated carbocycles. The highest BCUT2D eigenvalue weighted by Gasteiger charge is 2.11. The second kappa shape index (κ2) is 7.51. The maximum absolute atomic E-state index is 12.1. The molecule has 0 radical (unpaired) electrons. The van der Waals surface area contributed by atoms with Crippen LogP contribution in [0, 0.1) is 10.1 Å². The Balaban J connectivity index is 2.16. The van der Waals surface area contributed by atoms with Gasteiger partial charge in [0.1, 0.15) is 0 Å². The van der Waals surface area contributed by atoms with Gasteiger partial charge in [0.05, 0.1) is 10.6 Å². The molecular weight excluding hydrogens is 318 g/mol.